The maximum Gasteiger partial charge on any atom is 0.332 e. The molecule has 188 valence electrons. The van der Waals surface area contributed by atoms with Crippen molar-refractivity contribution in [2.24, 2.45) is 0 Å². The maximum absolute atomic E-state index is 13.9. The second-order valence-corrected chi connectivity index (χ2v) is 10.2. The number of ether oxygens (including phenoxy) is 2. The fourth-order valence-electron chi connectivity index (χ4n) is 4.57. The van der Waals surface area contributed by atoms with Crippen LogP contribution in [-0.4, -0.2) is 47.7 Å². The topological polar surface area (TPSA) is 55.8 Å². The van der Waals surface area contributed by atoms with Gasteiger partial charge in [-0.2, -0.15) is 0 Å². The summed E-state index contributed by atoms with van der Waals surface area (Å²) in [5, 5.41) is 0. The van der Waals surface area contributed by atoms with E-state index >= 15 is 0 Å². The van der Waals surface area contributed by atoms with E-state index in [1.807, 2.05) is 99.6 Å². The van der Waals surface area contributed by atoms with Crippen molar-refractivity contribution in [3.8, 4) is 0 Å². The van der Waals surface area contributed by atoms with Gasteiger partial charge in [-0.3, -0.25) is 4.79 Å². The van der Waals surface area contributed by atoms with E-state index in [0.717, 1.165) is 24.0 Å². The van der Waals surface area contributed by atoms with Crippen molar-refractivity contribution < 1.29 is 19.1 Å². The van der Waals surface area contributed by atoms with E-state index in [9.17, 15) is 9.59 Å². The number of hydrogen-bond acceptors (Lipinski definition) is 4. The molecule has 0 bridgehead atoms. The minimum Gasteiger partial charge on any atom is -0.458 e. The molecule has 1 heterocycles. The Morgan fingerprint density at radius 2 is 1.39 bits per heavy atom. The summed E-state index contributed by atoms with van der Waals surface area (Å²) in [5.41, 5.74) is 2.38. The van der Waals surface area contributed by atoms with Crippen LogP contribution in [0.15, 0.2) is 91.0 Å². The van der Waals surface area contributed by atoms with Gasteiger partial charge in [-0.15, -0.1) is 0 Å². The van der Waals surface area contributed by atoms with Crippen molar-refractivity contribution in [3.63, 3.8) is 0 Å². The lowest BCUT2D eigenvalue weighted by Gasteiger charge is -2.47. The Balaban J connectivity index is 1.50. The number of amides is 1. The van der Waals surface area contributed by atoms with E-state index in [2.05, 4.69) is 12.1 Å². The van der Waals surface area contributed by atoms with Gasteiger partial charge >= 0.3 is 5.97 Å². The lowest BCUT2D eigenvalue weighted by atomic mass is 9.87. The third-order valence-corrected chi connectivity index (χ3v) is 6.29. The summed E-state index contributed by atoms with van der Waals surface area (Å²) in [6, 6.07) is 28.9. The minimum atomic E-state index is -0.761. The number of esters is 1. The highest BCUT2D eigenvalue weighted by Crippen LogP contribution is 2.33. The van der Waals surface area contributed by atoms with Crippen molar-refractivity contribution in [2.45, 2.75) is 57.3 Å². The van der Waals surface area contributed by atoms with Crippen molar-refractivity contribution in [1.82, 2.24) is 4.90 Å². The predicted octanol–water partition coefficient (Wildman–Crippen LogP) is 5.39. The molecule has 36 heavy (non-hydrogen) atoms. The van der Waals surface area contributed by atoms with E-state index in [4.69, 9.17) is 9.47 Å². The van der Waals surface area contributed by atoms with Crippen LogP contribution in [0.3, 0.4) is 0 Å². The fraction of sp³-hybridized carbons (Fsp3) is 0.355. The molecule has 3 aromatic carbocycles. The van der Waals surface area contributed by atoms with Crippen LogP contribution in [0.5, 0.6) is 0 Å². The second kappa shape index (κ2) is 11.5. The Bertz CT molecular complexity index is 1090. The smallest absolute Gasteiger partial charge is 0.332 e. The van der Waals surface area contributed by atoms with Crippen LogP contribution in [0.2, 0.25) is 0 Å². The highest BCUT2D eigenvalue weighted by molar-refractivity contribution is 5.93. The van der Waals surface area contributed by atoms with Gasteiger partial charge in [0.25, 0.3) is 0 Å². The maximum atomic E-state index is 13.9. The van der Waals surface area contributed by atoms with Crippen molar-refractivity contribution in [2.75, 3.05) is 13.2 Å². The largest absolute Gasteiger partial charge is 0.458 e. The molecule has 0 saturated carbocycles. The molecule has 4 rings (SSSR count). The molecule has 1 aliphatic rings. The highest BCUT2D eigenvalue weighted by Gasteiger charge is 2.50. The number of nitrogens with zero attached hydrogens (tertiary/aromatic N) is 1. The third kappa shape index (κ3) is 6.41. The predicted molar refractivity (Wildman–Crippen MR) is 141 cm³/mol. The summed E-state index contributed by atoms with van der Waals surface area (Å²) in [6.45, 7) is 6.39. The number of benzene rings is 3. The molecule has 5 nitrogen and oxygen atoms in total. The van der Waals surface area contributed by atoms with Crippen LogP contribution in [0.1, 0.15) is 49.8 Å². The number of hydrogen-bond donors (Lipinski definition) is 0. The Morgan fingerprint density at radius 3 is 1.92 bits per heavy atom. The average molecular weight is 486 g/mol. The molecule has 0 unspecified atom stereocenters. The minimum absolute atomic E-state index is 0.118. The first-order chi connectivity index (χ1) is 17.3. The van der Waals surface area contributed by atoms with Gasteiger partial charge in [0.1, 0.15) is 11.7 Å². The number of carbonyl (C=O) groups is 2. The molecule has 5 heteroatoms. The molecule has 0 aliphatic carbocycles. The summed E-state index contributed by atoms with van der Waals surface area (Å²) < 4.78 is 11.8. The van der Waals surface area contributed by atoms with Gasteiger partial charge < -0.3 is 14.4 Å². The molecule has 1 aliphatic heterocycles. The molecule has 1 fully saturated rings. The summed E-state index contributed by atoms with van der Waals surface area (Å²) in [5.74, 6) is -1.04. The molecule has 0 aromatic heterocycles. The first-order valence-electron chi connectivity index (χ1n) is 12.6. The molecule has 1 saturated heterocycles. The summed E-state index contributed by atoms with van der Waals surface area (Å²) in [7, 11) is 0. The Labute approximate surface area is 214 Å². The molecule has 0 spiro atoms. The van der Waals surface area contributed by atoms with Gasteiger partial charge in [-0.1, -0.05) is 91.0 Å². The van der Waals surface area contributed by atoms with E-state index in [-0.39, 0.29) is 12.0 Å². The number of aryl methyl sites for hydroxylation is 1. The SMILES string of the molecule is CC(C)(C)OC(=O)[C@H]1[C@H](OCCCc2ccccc2)CN1C(=O)C(c1ccccc1)c1ccccc1. The molecule has 1 amide bonds. The quantitative estimate of drug-likeness (QED) is 0.301. The van der Waals surface area contributed by atoms with Crippen molar-refractivity contribution >= 4 is 11.9 Å². The van der Waals surface area contributed by atoms with Gasteiger partial charge in [0, 0.05) is 6.61 Å². The molecular formula is C31H35NO4. The molecular weight excluding hydrogens is 450 g/mol. The molecule has 2 atom stereocenters. The first kappa shape index (κ1) is 25.6. The lowest BCUT2D eigenvalue weighted by Crippen LogP contribution is -2.68. The summed E-state index contributed by atoms with van der Waals surface area (Å²) in [4.78, 5) is 28.8. The van der Waals surface area contributed by atoms with Crippen LogP contribution in [0.25, 0.3) is 0 Å². The number of rotatable bonds is 9. The normalized spacial score (nSPS) is 17.5. The number of likely N-dealkylation sites (tertiary alicyclic amines) is 1. The zero-order chi connectivity index (χ0) is 25.5. The fourth-order valence-corrected chi connectivity index (χ4v) is 4.57. The van der Waals surface area contributed by atoms with Crippen LogP contribution >= 0.6 is 0 Å². The Kier molecular flexibility index (Phi) is 8.21. The molecule has 3 aromatic rings. The summed E-state index contributed by atoms with van der Waals surface area (Å²) >= 11 is 0. The van der Waals surface area contributed by atoms with E-state index in [0.29, 0.717) is 13.2 Å². The number of carbonyl (C=O) groups excluding carboxylic acids is 2. The monoisotopic (exact) mass is 485 g/mol. The van der Waals surface area contributed by atoms with Crippen LogP contribution in [0.4, 0.5) is 0 Å². The van der Waals surface area contributed by atoms with Gasteiger partial charge in [-0.05, 0) is 50.3 Å². The second-order valence-electron chi connectivity index (χ2n) is 10.2. The van der Waals surface area contributed by atoms with Gasteiger partial charge in [0.05, 0.1) is 12.5 Å². The van der Waals surface area contributed by atoms with Gasteiger partial charge in [-0.25, -0.2) is 4.79 Å². The van der Waals surface area contributed by atoms with Crippen LogP contribution in [-0.2, 0) is 25.5 Å². The van der Waals surface area contributed by atoms with Crippen LogP contribution in [0, 0.1) is 0 Å². The van der Waals surface area contributed by atoms with Crippen molar-refractivity contribution in [1.29, 1.82) is 0 Å². The van der Waals surface area contributed by atoms with Gasteiger partial charge in [0.15, 0.2) is 6.04 Å². The standard InChI is InChI=1S/C31H35NO4/c1-31(2,3)36-30(34)28-26(35-21-13-16-23-14-7-4-8-15-23)22-32(28)29(33)27(24-17-9-5-10-18-24)25-19-11-6-12-20-25/h4-12,14-15,17-20,26-28H,13,16,21-22H2,1-3H3/t26-,28-/m1/s1. The summed E-state index contributed by atoms with van der Waals surface area (Å²) in [6.07, 6.45) is 1.36. The first-order valence-corrected chi connectivity index (χ1v) is 12.6. The van der Waals surface area contributed by atoms with Crippen LogP contribution < -0.4 is 0 Å². The zero-order valence-electron chi connectivity index (χ0n) is 21.3. The average Bonchev–Trinajstić information content (AvgIpc) is 2.84. The van der Waals surface area contributed by atoms with E-state index < -0.39 is 23.5 Å². The zero-order valence-corrected chi connectivity index (χ0v) is 21.3. The Hall–Kier alpha value is -3.44. The van der Waals surface area contributed by atoms with Crippen molar-refractivity contribution in [3.05, 3.63) is 108 Å². The van der Waals surface area contributed by atoms with E-state index in [1.165, 1.54) is 5.56 Å². The lowest BCUT2D eigenvalue weighted by molar-refractivity contribution is -0.188. The van der Waals surface area contributed by atoms with E-state index in [1.54, 1.807) is 4.90 Å². The Morgan fingerprint density at radius 1 is 0.861 bits per heavy atom. The highest BCUT2D eigenvalue weighted by atomic mass is 16.6. The molecule has 0 radical (unpaired) electrons. The third-order valence-electron chi connectivity index (χ3n) is 6.29. The molecule has 0 N–H and O–H groups in total. The van der Waals surface area contributed by atoms with Gasteiger partial charge in [0.2, 0.25) is 5.91 Å².